The predicted molar refractivity (Wildman–Crippen MR) is 87.9 cm³/mol. The highest BCUT2D eigenvalue weighted by molar-refractivity contribution is 5.79. The molecule has 0 fully saturated rings. The van der Waals surface area contributed by atoms with Gasteiger partial charge in [-0.2, -0.15) is 5.10 Å². The lowest BCUT2D eigenvalue weighted by molar-refractivity contribution is 0.376. The Morgan fingerprint density at radius 1 is 1.39 bits per heavy atom. The molecule has 2 heterocycles. The Morgan fingerprint density at radius 2 is 2.13 bits per heavy atom. The average molecular weight is 319 g/mol. The first-order chi connectivity index (χ1) is 10.8. The van der Waals surface area contributed by atoms with E-state index < -0.39 is 0 Å². The van der Waals surface area contributed by atoms with Crippen molar-refractivity contribution in [1.29, 1.82) is 0 Å². The summed E-state index contributed by atoms with van der Waals surface area (Å²) in [7, 11) is 5.55. The summed E-state index contributed by atoms with van der Waals surface area (Å²) in [5.74, 6) is 3.12. The summed E-state index contributed by atoms with van der Waals surface area (Å²) in [4.78, 5) is 14.8. The number of aromatic nitrogens is 4. The van der Waals surface area contributed by atoms with Gasteiger partial charge in [0.2, 0.25) is 5.89 Å². The van der Waals surface area contributed by atoms with Gasteiger partial charge in [-0.1, -0.05) is 20.8 Å². The van der Waals surface area contributed by atoms with E-state index in [1.807, 2.05) is 19.0 Å². The highest BCUT2D eigenvalue weighted by atomic mass is 16.4. The lowest BCUT2D eigenvalue weighted by Crippen LogP contribution is -2.38. The summed E-state index contributed by atoms with van der Waals surface area (Å²) in [6, 6.07) is 0. The molecule has 8 nitrogen and oxygen atoms in total. The number of hydrogen-bond acceptors (Lipinski definition) is 5. The second-order valence-corrected chi connectivity index (χ2v) is 6.42. The first-order valence-electron chi connectivity index (χ1n) is 7.51. The summed E-state index contributed by atoms with van der Waals surface area (Å²) >= 11 is 0. The topological polar surface area (TPSA) is 84.4 Å². The third kappa shape index (κ3) is 4.30. The van der Waals surface area contributed by atoms with Crippen LogP contribution >= 0.6 is 0 Å². The van der Waals surface area contributed by atoms with Crippen LogP contribution in [0.1, 0.15) is 38.2 Å². The smallest absolute Gasteiger partial charge is 0.213 e. The SMILES string of the molecule is CN=C(NCc1ncc(C(C)(C)C)o1)N(C)Cc1ncnn1C. The molecule has 126 valence electrons. The number of aliphatic imine (C=N–C) groups is 1. The Balaban J connectivity index is 1.95. The van der Waals surface area contributed by atoms with E-state index in [0.717, 1.165) is 17.5 Å². The highest BCUT2D eigenvalue weighted by Crippen LogP contribution is 2.22. The van der Waals surface area contributed by atoms with E-state index in [9.17, 15) is 0 Å². The van der Waals surface area contributed by atoms with Crippen molar-refractivity contribution in [3.63, 3.8) is 0 Å². The molecule has 1 N–H and O–H groups in total. The second kappa shape index (κ2) is 6.80. The monoisotopic (exact) mass is 319 g/mol. The fourth-order valence-electron chi connectivity index (χ4n) is 2.03. The van der Waals surface area contributed by atoms with E-state index in [0.29, 0.717) is 19.0 Å². The van der Waals surface area contributed by atoms with Crippen LogP contribution in [0.4, 0.5) is 0 Å². The Kier molecular flexibility index (Phi) is 5.02. The van der Waals surface area contributed by atoms with Crippen molar-refractivity contribution in [2.45, 2.75) is 39.3 Å². The largest absolute Gasteiger partial charge is 0.443 e. The van der Waals surface area contributed by atoms with Crippen molar-refractivity contribution in [3.8, 4) is 0 Å². The molecule has 0 atom stereocenters. The number of rotatable bonds is 4. The van der Waals surface area contributed by atoms with Gasteiger partial charge in [-0.05, 0) is 0 Å². The number of aryl methyl sites for hydroxylation is 1. The van der Waals surface area contributed by atoms with Gasteiger partial charge in [0.25, 0.3) is 0 Å². The number of nitrogens with one attached hydrogen (secondary N) is 1. The molecule has 23 heavy (non-hydrogen) atoms. The first kappa shape index (κ1) is 17.0. The summed E-state index contributed by atoms with van der Waals surface area (Å²) in [5.41, 5.74) is -0.0467. The van der Waals surface area contributed by atoms with Crippen LogP contribution < -0.4 is 5.32 Å². The van der Waals surface area contributed by atoms with E-state index in [1.54, 1.807) is 24.3 Å². The van der Waals surface area contributed by atoms with Gasteiger partial charge in [0.05, 0.1) is 19.3 Å². The summed E-state index contributed by atoms with van der Waals surface area (Å²) in [6.45, 7) is 7.37. The normalized spacial score (nSPS) is 12.5. The fraction of sp³-hybridized carbons (Fsp3) is 0.600. The molecule has 0 saturated heterocycles. The van der Waals surface area contributed by atoms with Gasteiger partial charge in [0, 0.05) is 26.6 Å². The van der Waals surface area contributed by atoms with Crippen molar-refractivity contribution in [2.75, 3.05) is 14.1 Å². The molecule has 8 heteroatoms. The molecule has 0 saturated carbocycles. The van der Waals surface area contributed by atoms with Gasteiger partial charge in [0.1, 0.15) is 17.9 Å². The molecular formula is C15H25N7O. The zero-order valence-corrected chi connectivity index (χ0v) is 14.7. The molecule has 0 radical (unpaired) electrons. The van der Waals surface area contributed by atoms with E-state index in [-0.39, 0.29) is 5.41 Å². The third-order valence-electron chi connectivity index (χ3n) is 3.45. The molecule has 0 aliphatic carbocycles. The van der Waals surface area contributed by atoms with Crippen molar-refractivity contribution in [3.05, 3.63) is 30.0 Å². The van der Waals surface area contributed by atoms with Crippen LogP contribution in [0.15, 0.2) is 21.9 Å². The molecule has 0 aromatic carbocycles. The van der Waals surface area contributed by atoms with Gasteiger partial charge in [-0.25, -0.2) is 9.97 Å². The van der Waals surface area contributed by atoms with Crippen LogP contribution in [0.25, 0.3) is 0 Å². The van der Waals surface area contributed by atoms with Crippen LogP contribution in [-0.4, -0.2) is 44.7 Å². The minimum absolute atomic E-state index is 0.0467. The molecule has 2 rings (SSSR count). The van der Waals surface area contributed by atoms with Crippen molar-refractivity contribution in [2.24, 2.45) is 12.0 Å². The van der Waals surface area contributed by atoms with Gasteiger partial charge < -0.3 is 14.6 Å². The molecular weight excluding hydrogens is 294 g/mol. The van der Waals surface area contributed by atoms with Crippen molar-refractivity contribution < 1.29 is 4.42 Å². The van der Waals surface area contributed by atoms with E-state index in [1.165, 1.54) is 0 Å². The fourth-order valence-corrected chi connectivity index (χ4v) is 2.03. The lowest BCUT2D eigenvalue weighted by Gasteiger charge is -2.21. The Morgan fingerprint density at radius 3 is 2.65 bits per heavy atom. The Bertz CT molecular complexity index is 665. The number of hydrogen-bond donors (Lipinski definition) is 1. The third-order valence-corrected chi connectivity index (χ3v) is 3.45. The van der Waals surface area contributed by atoms with Gasteiger partial charge in [-0.15, -0.1) is 0 Å². The van der Waals surface area contributed by atoms with Crippen LogP contribution in [0.2, 0.25) is 0 Å². The second-order valence-electron chi connectivity index (χ2n) is 6.42. The summed E-state index contributed by atoms with van der Waals surface area (Å²) in [6.07, 6.45) is 3.32. The summed E-state index contributed by atoms with van der Waals surface area (Å²) in [5, 5.41) is 7.31. The maximum atomic E-state index is 5.77. The minimum atomic E-state index is -0.0467. The van der Waals surface area contributed by atoms with Gasteiger partial charge in [0.15, 0.2) is 5.96 Å². The molecule has 0 amide bonds. The van der Waals surface area contributed by atoms with Crippen LogP contribution in [0, 0.1) is 0 Å². The van der Waals surface area contributed by atoms with Gasteiger partial charge >= 0.3 is 0 Å². The van der Waals surface area contributed by atoms with Crippen molar-refractivity contribution in [1.82, 2.24) is 30.0 Å². The van der Waals surface area contributed by atoms with Crippen LogP contribution in [0.3, 0.4) is 0 Å². The molecule has 0 unspecified atom stereocenters. The number of guanidine groups is 1. The first-order valence-corrected chi connectivity index (χ1v) is 7.51. The van der Waals surface area contributed by atoms with Crippen molar-refractivity contribution >= 4 is 5.96 Å². The van der Waals surface area contributed by atoms with Crippen LogP contribution in [0.5, 0.6) is 0 Å². The lowest BCUT2D eigenvalue weighted by atomic mass is 9.94. The average Bonchev–Trinajstić information content (AvgIpc) is 3.09. The molecule has 2 aromatic rings. The predicted octanol–water partition coefficient (Wildman–Crippen LogP) is 1.31. The van der Waals surface area contributed by atoms with E-state index in [4.69, 9.17) is 4.42 Å². The molecule has 0 bridgehead atoms. The molecule has 0 aliphatic heterocycles. The quantitative estimate of drug-likeness (QED) is 0.675. The Hall–Kier alpha value is -2.38. The zero-order valence-electron chi connectivity index (χ0n) is 14.7. The Labute approximate surface area is 136 Å². The van der Waals surface area contributed by atoms with Crippen LogP contribution in [-0.2, 0) is 25.6 Å². The number of nitrogens with zero attached hydrogens (tertiary/aromatic N) is 6. The van der Waals surface area contributed by atoms with Gasteiger partial charge in [-0.3, -0.25) is 9.67 Å². The minimum Gasteiger partial charge on any atom is -0.443 e. The molecule has 0 spiro atoms. The number of oxazole rings is 1. The van der Waals surface area contributed by atoms with E-state index in [2.05, 4.69) is 46.1 Å². The summed E-state index contributed by atoms with van der Waals surface area (Å²) < 4.78 is 7.52. The standard InChI is InChI=1S/C15H25N7O/c1-15(2,3)11-7-17-13(23-11)8-18-14(16-4)21(5)9-12-19-10-20-22(12)6/h7,10H,8-9H2,1-6H3,(H,16,18). The van der Waals surface area contributed by atoms with E-state index >= 15 is 0 Å². The zero-order chi connectivity index (χ0) is 17.0. The maximum absolute atomic E-state index is 5.77. The highest BCUT2D eigenvalue weighted by Gasteiger charge is 2.19. The maximum Gasteiger partial charge on any atom is 0.213 e. The molecule has 2 aromatic heterocycles. The molecule has 0 aliphatic rings.